The molecule has 0 aliphatic rings. The monoisotopic (exact) mass is 278 g/mol. The van der Waals surface area contributed by atoms with E-state index >= 15 is 0 Å². The van der Waals surface area contributed by atoms with Gasteiger partial charge in [-0.25, -0.2) is 4.98 Å². The summed E-state index contributed by atoms with van der Waals surface area (Å²) in [7, 11) is 0. The maximum absolute atomic E-state index is 12.0. The zero-order valence-corrected chi connectivity index (χ0v) is 11.4. The Hall–Kier alpha value is -1.73. The number of thiophene rings is 1. The minimum absolute atomic E-state index is 0.215. The molecule has 3 aromatic rings. The number of aromatic amines is 1. The highest BCUT2D eigenvalue weighted by atomic mass is 32.1. The summed E-state index contributed by atoms with van der Waals surface area (Å²) in [4.78, 5) is 20.3. The summed E-state index contributed by atoms with van der Waals surface area (Å²) < 4.78 is 1.73. The average Bonchev–Trinajstić information content (AvgIpc) is 2.64. The second-order valence-corrected chi connectivity index (χ2v) is 5.56. The van der Waals surface area contributed by atoms with Crippen LogP contribution >= 0.6 is 23.6 Å². The minimum Gasteiger partial charge on any atom is -0.334 e. The van der Waals surface area contributed by atoms with Crippen molar-refractivity contribution in [2.45, 2.75) is 13.8 Å². The van der Waals surface area contributed by atoms with Crippen LogP contribution in [0.1, 0.15) is 11.3 Å². The van der Waals surface area contributed by atoms with Gasteiger partial charge in [-0.1, -0.05) is 0 Å². The SMILES string of the molecule is Cc1cc(C)c2c(n1)sc1c(=O)n(N)c(=S)[nH]c12. The molecule has 5 nitrogen and oxygen atoms in total. The molecule has 0 aliphatic carbocycles. The van der Waals surface area contributed by atoms with Crippen LogP contribution in [0.15, 0.2) is 10.9 Å². The van der Waals surface area contributed by atoms with Gasteiger partial charge in [0.15, 0.2) is 4.77 Å². The molecular weight excluding hydrogens is 268 g/mol. The Morgan fingerprint density at radius 2 is 2.22 bits per heavy atom. The molecule has 3 N–H and O–H groups in total. The van der Waals surface area contributed by atoms with Gasteiger partial charge in [0.05, 0.1) is 5.52 Å². The molecule has 18 heavy (non-hydrogen) atoms. The lowest BCUT2D eigenvalue weighted by Gasteiger charge is -2.00. The molecule has 92 valence electrons. The Morgan fingerprint density at radius 1 is 1.50 bits per heavy atom. The number of nitrogen functional groups attached to an aromatic ring is 1. The van der Waals surface area contributed by atoms with Gasteiger partial charge >= 0.3 is 0 Å². The van der Waals surface area contributed by atoms with Crippen molar-refractivity contribution >= 4 is 44.0 Å². The van der Waals surface area contributed by atoms with Crippen molar-refractivity contribution in [1.29, 1.82) is 0 Å². The van der Waals surface area contributed by atoms with E-state index < -0.39 is 0 Å². The van der Waals surface area contributed by atoms with Crippen molar-refractivity contribution < 1.29 is 0 Å². The van der Waals surface area contributed by atoms with Gasteiger partial charge in [-0.3, -0.25) is 4.79 Å². The lowest BCUT2D eigenvalue weighted by Crippen LogP contribution is -2.28. The van der Waals surface area contributed by atoms with E-state index in [9.17, 15) is 4.79 Å². The molecule has 0 saturated carbocycles. The molecule has 0 saturated heterocycles. The largest absolute Gasteiger partial charge is 0.334 e. The number of pyridine rings is 1. The van der Waals surface area contributed by atoms with Crippen molar-refractivity contribution in [2.24, 2.45) is 0 Å². The fraction of sp³-hybridized carbons (Fsp3) is 0.182. The zero-order chi connectivity index (χ0) is 13.0. The molecule has 3 heterocycles. The van der Waals surface area contributed by atoms with Gasteiger partial charge in [-0.05, 0) is 37.7 Å². The van der Waals surface area contributed by atoms with Gasteiger partial charge in [0.1, 0.15) is 9.53 Å². The standard InChI is InChI=1S/C11H10N4OS2/c1-4-3-5(2)13-9-6(4)7-8(18-9)10(16)15(12)11(17)14-7/h3H,12H2,1-2H3,(H,14,17). The van der Waals surface area contributed by atoms with Crippen molar-refractivity contribution in [3.63, 3.8) is 0 Å². The fourth-order valence-corrected chi connectivity index (χ4v) is 3.45. The number of aromatic nitrogens is 3. The number of fused-ring (bicyclic) bond motifs is 3. The van der Waals surface area contributed by atoms with Crippen LogP contribution in [-0.2, 0) is 0 Å². The smallest absolute Gasteiger partial charge is 0.290 e. The Balaban J connectivity index is 2.69. The summed E-state index contributed by atoms with van der Waals surface area (Å²) in [5.74, 6) is 5.59. The number of aryl methyl sites for hydroxylation is 2. The van der Waals surface area contributed by atoms with Crippen LogP contribution in [0, 0.1) is 18.6 Å². The van der Waals surface area contributed by atoms with Gasteiger partial charge < -0.3 is 10.8 Å². The summed E-state index contributed by atoms with van der Waals surface area (Å²) in [6.45, 7) is 3.92. The predicted molar refractivity (Wildman–Crippen MR) is 76.2 cm³/mol. The summed E-state index contributed by atoms with van der Waals surface area (Å²) >= 11 is 6.37. The summed E-state index contributed by atoms with van der Waals surface area (Å²) in [5, 5.41) is 0.949. The summed E-state index contributed by atoms with van der Waals surface area (Å²) in [6, 6.07) is 1.99. The Morgan fingerprint density at radius 3 is 2.94 bits per heavy atom. The zero-order valence-electron chi connectivity index (χ0n) is 9.77. The molecular formula is C11H10N4OS2. The normalized spacial score (nSPS) is 11.4. The molecule has 3 rings (SSSR count). The van der Waals surface area contributed by atoms with Gasteiger partial charge in [0.2, 0.25) is 0 Å². The van der Waals surface area contributed by atoms with E-state index in [1.807, 2.05) is 19.9 Å². The average molecular weight is 278 g/mol. The maximum Gasteiger partial charge on any atom is 0.290 e. The Kier molecular flexibility index (Phi) is 2.29. The van der Waals surface area contributed by atoms with Crippen molar-refractivity contribution in [3.05, 3.63) is 32.4 Å². The van der Waals surface area contributed by atoms with Crippen molar-refractivity contribution in [1.82, 2.24) is 14.6 Å². The van der Waals surface area contributed by atoms with Gasteiger partial charge in [0.25, 0.3) is 5.56 Å². The van der Waals surface area contributed by atoms with E-state index in [1.54, 1.807) is 0 Å². The van der Waals surface area contributed by atoms with E-state index in [2.05, 4.69) is 9.97 Å². The van der Waals surface area contributed by atoms with Crippen LogP contribution in [0.5, 0.6) is 0 Å². The van der Waals surface area contributed by atoms with E-state index in [1.165, 1.54) is 11.3 Å². The van der Waals surface area contributed by atoms with Crippen LogP contribution in [0.2, 0.25) is 0 Å². The third kappa shape index (κ3) is 1.41. The molecule has 0 atom stereocenters. The van der Waals surface area contributed by atoms with Crippen LogP contribution in [0.3, 0.4) is 0 Å². The van der Waals surface area contributed by atoms with Crippen LogP contribution in [0.4, 0.5) is 0 Å². The van der Waals surface area contributed by atoms with E-state index in [4.69, 9.17) is 18.1 Å². The Labute approximate surface area is 111 Å². The molecule has 0 amide bonds. The quantitative estimate of drug-likeness (QED) is 0.487. The lowest BCUT2D eigenvalue weighted by atomic mass is 10.1. The van der Waals surface area contributed by atoms with Gasteiger partial charge in [-0.2, -0.15) is 4.68 Å². The van der Waals surface area contributed by atoms with Gasteiger partial charge in [0, 0.05) is 11.1 Å². The van der Waals surface area contributed by atoms with Gasteiger partial charge in [-0.15, -0.1) is 11.3 Å². The molecule has 0 aromatic carbocycles. The number of hydrogen-bond acceptors (Lipinski definition) is 5. The number of rotatable bonds is 0. The fourth-order valence-electron chi connectivity index (χ4n) is 2.08. The van der Waals surface area contributed by atoms with Crippen molar-refractivity contribution in [3.8, 4) is 0 Å². The molecule has 0 aliphatic heterocycles. The summed E-state index contributed by atoms with van der Waals surface area (Å²) in [5.41, 5.74) is 2.45. The molecule has 0 fully saturated rings. The second-order valence-electron chi connectivity index (χ2n) is 4.17. The molecule has 0 spiro atoms. The van der Waals surface area contributed by atoms with Crippen LogP contribution < -0.4 is 11.4 Å². The molecule has 0 bridgehead atoms. The highest BCUT2D eigenvalue weighted by molar-refractivity contribution is 7.71. The topological polar surface area (TPSA) is 76.7 Å². The Bertz CT molecular complexity index is 903. The number of hydrogen-bond donors (Lipinski definition) is 2. The van der Waals surface area contributed by atoms with Crippen LogP contribution in [-0.4, -0.2) is 14.6 Å². The minimum atomic E-state index is -0.284. The number of nitrogens with zero attached hydrogens (tertiary/aromatic N) is 2. The van der Waals surface area contributed by atoms with E-state index in [0.29, 0.717) is 4.70 Å². The van der Waals surface area contributed by atoms with Crippen molar-refractivity contribution in [2.75, 3.05) is 5.84 Å². The first-order valence-corrected chi connectivity index (χ1v) is 6.52. The molecule has 7 heteroatoms. The first-order valence-electron chi connectivity index (χ1n) is 5.30. The third-order valence-corrected chi connectivity index (χ3v) is 4.22. The predicted octanol–water partition coefficient (Wildman–Crippen LogP) is 2.00. The van der Waals surface area contributed by atoms with E-state index in [0.717, 1.165) is 31.7 Å². The van der Waals surface area contributed by atoms with Crippen LogP contribution in [0.25, 0.3) is 20.4 Å². The number of nitrogens with two attached hydrogens (primary N) is 1. The highest BCUT2D eigenvalue weighted by Crippen LogP contribution is 2.31. The second kappa shape index (κ2) is 3.63. The van der Waals surface area contributed by atoms with E-state index in [-0.39, 0.29) is 10.3 Å². The first-order chi connectivity index (χ1) is 8.49. The maximum atomic E-state index is 12.0. The number of H-pyrrole nitrogens is 1. The molecule has 3 aromatic heterocycles. The lowest BCUT2D eigenvalue weighted by molar-refractivity contribution is 0.896. The first kappa shape index (κ1) is 11.4. The summed E-state index contributed by atoms with van der Waals surface area (Å²) in [6.07, 6.45) is 0. The molecule has 0 unspecified atom stereocenters. The highest BCUT2D eigenvalue weighted by Gasteiger charge is 2.14. The number of nitrogens with one attached hydrogen (secondary N) is 1. The molecule has 0 radical (unpaired) electrons. The third-order valence-electron chi connectivity index (χ3n) is 2.85.